The van der Waals surface area contributed by atoms with E-state index >= 15 is 0 Å². The number of hydrogen-bond acceptors (Lipinski definition) is 4. The summed E-state index contributed by atoms with van der Waals surface area (Å²) < 4.78 is 15.8. The Morgan fingerprint density at radius 3 is 2.37 bits per heavy atom. The largest absolute Gasteiger partial charge is 0.335 e. The molecule has 0 aliphatic carbocycles. The summed E-state index contributed by atoms with van der Waals surface area (Å²) in [5.74, 6) is -1.18. The Labute approximate surface area is 178 Å². The molecule has 30 heavy (non-hydrogen) atoms. The molecule has 4 rings (SSSR count). The first-order valence-corrected chi connectivity index (χ1v) is 10.1. The lowest BCUT2D eigenvalue weighted by Crippen LogP contribution is -2.50. The Kier molecular flexibility index (Phi) is 5.42. The maximum absolute atomic E-state index is 14.0. The number of halogens is 2. The second-order valence-corrected chi connectivity index (χ2v) is 7.96. The van der Waals surface area contributed by atoms with Gasteiger partial charge in [-0.05, 0) is 38.1 Å². The minimum absolute atomic E-state index is 0.0564. The summed E-state index contributed by atoms with van der Waals surface area (Å²) in [7, 11) is 0. The molecular weight excluding hydrogens is 409 g/mol. The van der Waals surface area contributed by atoms with Crippen LogP contribution in [0.4, 0.5) is 4.39 Å². The number of piperazine rings is 1. The number of benzene rings is 1. The van der Waals surface area contributed by atoms with E-state index in [0.717, 1.165) is 11.0 Å². The molecule has 156 valence electrons. The highest BCUT2D eigenvalue weighted by Gasteiger charge is 2.27. The summed E-state index contributed by atoms with van der Waals surface area (Å²) in [6, 6.07) is 5.87. The summed E-state index contributed by atoms with van der Waals surface area (Å²) in [6.07, 6.45) is 3.26. The first kappa shape index (κ1) is 20.3. The molecular formula is C21H21ClFN5O2. The summed E-state index contributed by atoms with van der Waals surface area (Å²) in [5.41, 5.74) is 1.16. The van der Waals surface area contributed by atoms with E-state index in [1.165, 1.54) is 23.1 Å². The van der Waals surface area contributed by atoms with Gasteiger partial charge in [-0.3, -0.25) is 9.59 Å². The standard InChI is InChI=1S/C21H21ClFN5O2/c1-13(2)28-19-14(12-25-28)9-15(11-24-19)20(29)26-5-7-27(8-6-26)21(30)17-10-16(22)3-4-18(17)23/h3-4,9-13H,5-8H2,1-2H3. The monoisotopic (exact) mass is 429 g/mol. The zero-order chi connectivity index (χ0) is 21.4. The minimum Gasteiger partial charge on any atom is -0.335 e. The Hall–Kier alpha value is -3.00. The van der Waals surface area contributed by atoms with Crippen molar-refractivity contribution in [2.45, 2.75) is 19.9 Å². The van der Waals surface area contributed by atoms with Gasteiger partial charge in [0, 0.05) is 48.8 Å². The van der Waals surface area contributed by atoms with Crippen LogP contribution in [0.3, 0.4) is 0 Å². The van der Waals surface area contributed by atoms with Gasteiger partial charge in [0.2, 0.25) is 0 Å². The van der Waals surface area contributed by atoms with E-state index in [-0.39, 0.29) is 17.5 Å². The molecule has 0 radical (unpaired) electrons. The van der Waals surface area contributed by atoms with E-state index in [1.54, 1.807) is 23.4 Å². The number of pyridine rings is 1. The van der Waals surface area contributed by atoms with Gasteiger partial charge in [-0.1, -0.05) is 11.6 Å². The number of amides is 2. The second kappa shape index (κ2) is 8.02. The maximum atomic E-state index is 14.0. The predicted molar refractivity (Wildman–Crippen MR) is 111 cm³/mol. The van der Waals surface area contributed by atoms with Gasteiger partial charge in [0.05, 0.1) is 17.3 Å². The van der Waals surface area contributed by atoms with Crippen LogP contribution in [0.2, 0.25) is 5.02 Å². The van der Waals surface area contributed by atoms with Crippen molar-refractivity contribution < 1.29 is 14.0 Å². The van der Waals surface area contributed by atoms with Gasteiger partial charge in [0.1, 0.15) is 5.82 Å². The Morgan fingerprint density at radius 1 is 1.03 bits per heavy atom. The molecule has 2 amide bonds. The van der Waals surface area contributed by atoms with Gasteiger partial charge in [-0.15, -0.1) is 0 Å². The predicted octanol–water partition coefficient (Wildman–Crippen LogP) is 3.40. The molecule has 7 nitrogen and oxygen atoms in total. The van der Waals surface area contributed by atoms with Crippen molar-refractivity contribution in [1.82, 2.24) is 24.6 Å². The SMILES string of the molecule is CC(C)n1ncc2cc(C(=O)N3CCN(C(=O)c4cc(Cl)ccc4F)CC3)cnc21. The maximum Gasteiger partial charge on any atom is 0.257 e. The molecule has 0 atom stereocenters. The van der Waals surface area contributed by atoms with Crippen molar-refractivity contribution in [3.63, 3.8) is 0 Å². The Morgan fingerprint density at radius 2 is 1.70 bits per heavy atom. The molecule has 0 unspecified atom stereocenters. The van der Waals surface area contributed by atoms with Crippen LogP contribution in [0.25, 0.3) is 11.0 Å². The van der Waals surface area contributed by atoms with Crippen molar-refractivity contribution in [2.75, 3.05) is 26.2 Å². The van der Waals surface area contributed by atoms with E-state index < -0.39 is 11.7 Å². The molecule has 1 saturated heterocycles. The van der Waals surface area contributed by atoms with Gasteiger partial charge >= 0.3 is 0 Å². The molecule has 1 aliphatic rings. The van der Waals surface area contributed by atoms with Crippen molar-refractivity contribution in [2.24, 2.45) is 0 Å². The van der Waals surface area contributed by atoms with E-state index in [4.69, 9.17) is 11.6 Å². The Bertz CT molecular complexity index is 1120. The average Bonchev–Trinajstić information content (AvgIpc) is 3.18. The zero-order valence-electron chi connectivity index (χ0n) is 16.7. The summed E-state index contributed by atoms with van der Waals surface area (Å²) in [5, 5.41) is 5.43. The molecule has 1 aromatic carbocycles. The summed E-state index contributed by atoms with van der Waals surface area (Å²) in [6.45, 7) is 5.38. The summed E-state index contributed by atoms with van der Waals surface area (Å²) in [4.78, 5) is 33.2. The second-order valence-electron chi connectivity index (χ2n) is 7.53. The van der Waals surface area contributed by atoms with Gasteiger partial charge in [-0.25, -0.2) is 14.1 Å². The molecule has 0 spiro atoms. The van der Waals surface area contributed by atoms with Gasteiger partial charge in [0.25, 0.3) is 11.8 Å². The molecule has 0 bridgehead atoms. The fourth-order valence-electron chi connectivity index (χ4n) is 3.56. The number of carbonyl (C=O) groups is 2. The van der Waals surface area contributed by atoms with E-state index in [0.29, 0.717) is 36.8 Å². The highest BCUT2D eigenvalue weighted by Crippen LogP contribution is 2.20. The van der Waals surface area contributed by atoms with Crippen molar-refractivity contribution in [1.29, 1.82) is 0 Å². The quantitative estimate of drug-likeness (QED) is 0.639. The number of aromatic nitrogens is 3. The number of carbonyl (C=O) groups excluding carboxylic acids is 2. The van der Waals surface area contributed by atoms with Gasteiger partial charge in [0.15, 0.2) is 5.65 Å². The lowest BCUT2D eigenvalue weighted by molar-refractivity contribution is 0.0532. The number of hydrogen-bond donors (Lipinski definition) is 0. The molecule has 9 heteroatoms. The normalized spacial score (nSPS) is 14.6. The van der Waals surface area contributed by atoms with Crippen LogP contribution >= 0.6 is 11.6 Å². The summed E-state index contributed by atoms with van der Waals surface area (Å²) >= 11 is 5.89. The van der Waals surface area contributed by atoms with Crippen LogP contribution in [0, 0.1) is 5.82 Å². The van der Waals surface area contributed by atoms with E-state index in [1.807, 2.05) is 18.5 Å². The van der Waals surface area contributed by atoms with Crippen LogP contribution in [-0.2, 0) is 0 Å². The van der Waals surface area contributed by atoms with Crippen LogP contribution in [-0.4, -0.2) is 62.6 Å². The first-order valence-electron chi connectivity index (χ1n) is 9.72. The van der Waals surface area contributed by atoms with Crippen molar-refractivity contribution in [3.05, 3.63) is 58.6 Å². The molecule has 1 fully saturated rings. The molecule has 3 heterocycles. The smallest absolute Gasteiger partial charge is 0.257 e. The third kappa shape index (κ3) is 3.75. The number of nitrogens with zero attached hydrogens (tertiary/aromatic N) is 5. The number of fused-ring (bicyclic) bond motifs is 1. The van der Waals surface area contributed by atoms with Crippen LogP contribution in [0.15, 0.2) is 36.7 Å². The lowest BCUT2D eigenvalue weighted by atomic mass is 10.1. The topological polar surface area (TPSA) is 71.3 Å². The Balaban J connectivity index is 1.45. The minimum atomic E-state index is -0.607. The fourth-order valence-corrected chi connectivity index (χ4v) is 3.73. The third-order valence-corrected chi connectivity index (χ3v) is 5.42. The van der Waals surface area contributed by atoms with Crippen LogP contribution in [0.1, 0.15) is 40.6 Å². The highest BCUT2D eigenvalue weighted by molar-refractivity contribution is 6.31. The molecule has 2 aromatic heterocycles. The van der Waals surface area contributed by atoms with E-state index in [9.17, 15) is 14.0 Å². The van der Waals surface area contributed by atoms with Crippen molar-refractivity contribution >= 4 is 34.4 Å². The van der Waals surface area contributed by atoms with Crippen molar-refractivity contribution in [3.8, 4) is 0 Å². The number of rotatable bonds is 3. The molecule has 3 aromatic rings. The van der Waals surface area contributed by atoms with Crippen LogP contribution < -0.4 is 0 Å². The zero-order valence-corrected chi connectivity index (χ0v) is 17.4. The van der Waals surface area contributed by atoms with Gasteiger partial charge in [-0.2, -0.15) is 5.10 Å². The third-order valence-electron chi connectivity index (χ3n) is 5.18. The van der Waals surface area contributed by atoms with E-state index in [2.05, 4.69) is 10.1 Å². The molecule has 1 aliphatic heterocycles. The fraction of sp³-hybridized carbons (Fsp3) is 0.333. The highest BCUT2D eigenvalue weighted by atomic mass is 35.5. The first-order chi connectivity index (χ1) is 14.3. The van der Waals surface area contributed by atoms with Gasteiger partial charge < -0.3 is 9.80 Å². The molecule has 0 saturated carbocycles. The van der Waals surface area contributed by atoms with Crippen LogP contribution in [0.5, 0.6) is 0 Å². The molecule has 0 N–H and O–H groups in total. The lowest BCUT2D eigenvalue weighted by Gasteiger charge is -2.34. The average molecular weight is 430 g/mol.